The van der Waals surface area contributed by atoms with E-state index in [1.54, 1.807) is 0 Å². The SMILES string of the molecule is CCCCCCCC/C=C\CCCCCCCC(N)N(CC12CC3CC(CC(C3)C1)C2)C(C)(N)C1CCCCC1. The van der Waals surface area contributed by atoms with Crippen LogP contribution in [0.1, 0.15) is 174 Å². The molecule has 5 saturated carbocycles. The van der Waals surface area contributed by atoms with Crippen molar-refractivity contribution in [2.24, 2.45) is 40.6 Å². The molecule has 0 aromatic rings. The third-order valence-electron chi connectivity index (χ3n) is 11.9. The maximum Gasteiger partial charge on any atom is 0.0700 e. The summed E-state index contributed by atoms with van der Waals surface area (Å²) in [7, 11) is 0. The quantitative estimate of drug-likeness (QED) is 0.0892. The molecule has 0 radical (unpaired) electrons. The Kier molecular flexibility index (Phi) is 13.4. The molecule has 2 atom stereocenters. The largest absolute Gasteiger partial charge is 0.316 e. The topological polar surface area (TPSA) is 55.3 Å². The maximum atomic E-state index is 7.36. The highest BCUT2D eigenvalue weighted by atomic mass is 15.3. The van der Waals surface area contributed by atoms with Gasteiger partial charge in [0.1, 0.15) is 0 Å². The average Bonchev–Trinajstić information content (AvgIpc) is 2.93. The van der Waals surface area contributed by atoms with E-state index in [2.05, 4.69) is 30.9 Å². The molecule has 4 bridgehead atoms. The Morgan fingerprint density at radius 3 is 1.80 bits per heavy atom. The molecule has 232 valence electrons. The summed E-state index contributed by atoms with van der Waals surface area (Å²) in [6.07, 6.45) is 39.3. The molecule has 40 heavy (non-hydrogen) atoms. The number of rotatable bonds is 20. The summed E-state index contributed by atoms with van der Waals surface area (Å²) >= 11 is 0. The second kappa shape index (κ2) is 16.5. The van der Waals surface area contributed by atoms with Crippen molar-refractivity contribution in [2.75, 3.05) is 6.54 Å². The van der Waals surface area contributed by atoms with E-state index in [1.807, 2.05) is 0 Å². The molecule has 3 nitrogen and oxygen atoms in total. The molecule has 5 aliphatic rings. The van der Waals surface area contributed by atoms with Crippen LogP contribution in [0.25, 0.3) is 0 Å². The summed E-state index contributed by atoms with van der Waals surface area (Å²) in [5.41, 5.74) is 14.7. The van der Waals surface area contributed by atoms with E-state index in [1.165, 1.54) is 161 Å². The zero-order chi connectivity index (χ0) is 28.3. The Morgan fingerprint density at radius 2 is 1.25 bits per heavy atom. The number of nitrogens with two attached hydrogens (primary N) is 2. The smallest absolute Gasteiger partial charge is 0.0700 e. The number of hydrogen-bond donors (Lipinski definition) is 2. The lowest BCUT2D eigenvalue weighted by atomic mass is 9.49. The van der Waals surface area contributed by atoms with Gasteiger partial charge < -0.3 is 11.5 Å². The fourth-order valence-electron chi connectivity index (χ4n) is 9.99. The second-order valence-corrected chi connectivity index (χ2v) is 15.5. The van der Waals surface area contributed by atoms with Crippen LogP contribution in [0.15, 0.2) is 12.2 Å². The van der Waals surface area contributed by atoms with Crippen molar-refractivity contribution in [1.82, 2.24) is 4.90 Å². The van der Waals surface area contributed by atoms with E-state index in [9.17, 15) is 0 Å². The molecule has 5 aliphatic carbocycles. The van der Waals surface area contributed by atoms with Crippen molar-refractivity contribution in [3.63, 3.8) is 0 Å². The minimum Gasteiger partial charge on any atom is -0.316 e. The van der Waals surface area contributed by atoms with Gasteiger partial charge in [0.2, 0.25) is 0 Å². The van der Waals surface area contributed by atoms with Crippen molar-refractivity contribution in [3.05, 3.63) is 12.2 Å². The van der Waals surface area contributed by atoms with Gasteiger partial charge in [0.15, 0.2) is 0 Å². The summed E-state index contributed by atoms with van der Waals surface area (Å²) in [6, 6.07) is 0. The van der Waals surface area contributed by atoms with Gasteiger partial charge in [-0.1, -0.05) is 96.1 Å². The summed E-state index contributed by atoms with van der Waals surface area (Å²) in [6.45, 7) is 5.83. The van der Waals surface area contributed by atoms with Gasteiger partial charge in [-0.15, -0.1) is 0 Å². The number of unbranched alkanes of at least 4 members (excludes halogenated alkanes) is 11. The maximum absolute atomic E-state index is 7.36. The first-order valence-corrected chi connectivity index (χ1v) is 18.4. The van der Waals surface area contributed by atoms with Gasteiger partial charge in [-0.3, -0.25) is 4.90 Å². The van der Waals surface area contributed by atoms with Crippen LogP contribution in [0, 0.1) is 29.1 Å². The molecule has 3 heteroatoms. The van der Waals surface area contributed by atoms with Crippen LogP contribution in [-0.2, 0) is 0 Å². The van der Waals surface area contributed by atoms with Gasteiger partial charge in [-0.05, 0) is 119 Å². The molecule has 0 aliphatic heterocycles. The number of nitrogens with zero attached hydrogens (tertiary/aromatic N) is 1. The lowest BCUT2D eigenvalue weighted by Gasteiger charge is -2.60. The molecule has 2 unspecified atom stereocenters. The van der Waals surface area contributed by atoms with Gasteiger partial charge in [-0.25, -0.2) is 0 Å². The summed E-state index contributed by atoms with van der Waals surface area (Å²) in [5.74, 6) is 3.59. The lowest BCUT2D eigenvalue weighted by molar-refractivity contribution is -0.105. The van der Waals surface area contributed by atoms with Crippen LogP contribution in [-0.4, -0.2) is 23.3 Å². The minimum atomic E-state index is -0.259. The Morgan fingerprint density at radius 1 is 0.750 bits per heavy atom. The Bertz CT molecular complexity index is 686. The third kappa shape index (κ3) is 9.57. The first-order valence-electron chi connectivity index (χ1n) is 18.4. The molecule has 0 saturated heterocycles. The molecular formula is C37H69N3. The lowest BCUT2D eigenvalue weighted by Crippen LogP contribution is -2.67. The zero-order valence-electron chi connectivity index (χ0n) is 27.0. The van der Waals surface area contributed by atoms with Crippen LogP contribution in [0.3, 0.4) is 0 Å². The Balaban J connectivity index is 1.17. The van der Waals surface area contributed by atoms with Crippen LogP contribution in [0.5, 0.6) is 0 Å². The van der Waals surface area contributed by atoms with E-state index in [4.69, 9.17) is 11.5 Å². The highest BCUT2D eigenvalue weighted by Gasteiger charge is 2.53. The fourth-order valence-corrected chi connectivity index (χ4v) is 9.99. The number of hydrogen-bond acceptors (Lipinski definition) is 3. The van der Waals surface area contributed by atoms with Gasteiger partial charge in [0.05, 0.1) is 11.8 Å². The van der Waals surface area contributed by atoms with E-state index in [0.29, 0.717) is 11.3 Å². The normalized spacial score (nSPS) is 30.9. The van der Waals surface area contributed by atoms with Crippen molar-refractivity contribution in [1.29, 1.82) is 0 Å². The van der Waals surface area contributed by atoms with Gasteiger partial charge in [0.25, 0.3) is 0 Å². The van der Waals surface area contributed by atoms with Gasteiger partial charge >= 0.3 is 0 Å². The number of allylic oxidation sites excluding steroid dienone is 2. The Hall–Kier alpha value is -0.380. The van der Waals surface area contributed by atoms with E-state index in [-0.39, 0.29) is 11.8 Å². The molecule has 0 aromatic carbocycles. The Labute approximate surface area is 250 Å². The van der Waals surface area contributed by atoms with E-state index < -0.39 is 0 Å². The predicted molar refractivity (Wildman–Crippen MR) is 174 cm³/mol. The van der Waals surface area contributed by atoms with Gasteiger partial charge in [-0.2, -0.15) is 0 Å². The van der Waals surface area contributed by atoms with E-state index >= 15 is 0 Å². The molecule has 0 aromatic heterocycles. The molecule has 5 rings (SSSR count). The highest BCUT2D eigenvalue weighted by molar-refractivity contribution is 5.04. The van der Waals surface area contributed by atoms with E-state index in [0.717, 1.165) is 24.2 Å². The van der Waals surface area contributed by atoms with Crippen LogP contribution in [0.4, 0.5) is 0 Å². The van der Waals surface area contributed by atoms with Crippen molar-refractivity contribution in [3.8, 4) is 0 Å². The summed E-state index contributed by atoms with van der Waals surface area (Å²) in [5, 5.41) is 0. The molecule has 0 amide bonds. The van der Waals surface area contributed by atoms with Crippen molar-refractivity contribution in [2.45, 2.75) is 186 Å². The minimum absolute atomic E-state index is 0.120. The predicted octanol–water partition coefficient (Wildman–Crippen LogP) is 10.1. The third-order valence-corrected chi connectivity index (χ3v) is 11.9. The molecule has 0 heterocycles. The van der Waals surface area contributed by atoms with Crippen molar-refractivity contribution < 1.29 is 0 Å². The second-order valence-electron chi connectivity index (χ2n) is 15.5. The first kappa shape index (κ1) is 32.5. The van der Waals surface area contributed by atoms with Crippen LogP contribution in [0.2, 0.25) is 0 Å². The zero-order valence-corrected chi connectivity index (χ0v) is 27.0. The highest BCUT2D eigenvalue weighted by Crippen LogP contribution is 2.60. The monoisotopic (exact) mass is 556 g/mol. The van der Waals surface area contributed by atoms with Crippen LogP contribution < -0.4 is 11.5 Å². The molecule has 5 fully saturated rings. The van der Waals surface area contributed by atoms with Crippen molar-refractivity contribution >= 4 is 0 Å². The van der Waals surface area contributed by atoms with Gasteiger partial charge in [0, 0.05) is 6.54 Å². The average molecular weight is 556 g/mol. The fraction of sp³-hybridized carbons (Fsp3) is 0.946. The molecule has 4 N–H and O–H groups in total. The summed E-state index contributed by atoms with van der Waals surface area (Å²) in [4.78, 5) is 2.69. The standard InChI is InChI=1S/C37H69N3/c1-3-4-5-6-7-8-9-10-11-12-13-14-15-16-20-23-35(38)40(36(2,39)34-21-18-17-19-22-34)30-37-27-31-24-32(28-37)26-33(25-31)29-37/h10-11,31-35H,3-9,12-30,38-39H2,1-2H3/b11-10-. The molecular weight excluding hydrogens is 486 g/mol. The summed E-state index contributed by atoms with van der Waals surface area (Å²) < 4.78 is 0. The molecule has 0 spiro atoms. The first-order chi connectivity index (χ1) is 19.4. The van der Waals surface area contributed by atoms with Crippen LogP contribution >= 0.6 is 0 Å².